The molecule has 1 atom stereocenters. The summed E-state index contributed by atoms with van der Waals surface area (Å²) in [5.41, 5.74) is 2.49. The zero-order valence-corrected chi connectivity index (χ0v) is 12.3. The number of ether oxygens (including phenoxy) is 1. The normalized spacial score (nSPS) is 32.7. The number of hydrogen-bond donors (Lipinski definition) is 1. The Morgan fingerprint density at radius 2 is 1.95 bits per heavy atom. The zero-order valence-electron chi connectivity index (χ0n) is 12.3. The van der Waals surface area contributed by atoms with E-state index in [1.54, 1.807) is 0 Å². The van der Waals surface area contributed by atoms with Crippen molar-refractivity contribution in [3.63, 3.8) is 0 Å². The average molecular weight is 273 g/mol. The third kappa shape index (κ3) is 2.47. The van der Waals surface area contributed by atoms with Crippen LogP contribution in [0.3, 0.4) is 0 Å². The molecule has 2 aliphatic rings. The van der Waals surface area contributed by atoms with E-state index < -0.39 is 0 Å². The van der Waals surface area contributed by atoms with Crippen LogP contribution in [-0.4, -0.2) is 19.6 Å². The number of methoxy groups -OCH3 is 1. The van der Waals surface area contributed by atoms with Gasteiger partial charge in [0.15, 0.2) is 0 Å². The molecule has 0 amide bonds. The van der Waals surface area contributed by atoms with Crippen molar-refractivity contribution in [3.8, 4) is 0 Å². The topological polar surface area (TPSA) is 38.3 Å². The fraction of sp³-hybridized carbons (Fsp3) is 0.588. The molecule has 1 aliphatic carbocycles. The molecule has 20 heavy (non-hydrogen) atoms. The van der Waals surface area contributed by atoms with Crippen LogP contribution < -0.4 is 5.32 Å². The summed E-state index contributed by atoms with van der Waals surface area (Å²) < 4.78 is 4.74. The van der Waals surface area contributed by atoms with Crippen molar-refractivity contribution >= 4 is 5.97 Å². The molecule has 1 heterocycles. The van der Waals surface area contributed by atoms with Gasteiger partial charge in [-0.15, -0.1) is 0 Å². The maximum absolute atomic E-state index is 11.5. The predicted octanol–water partition coefficient (Wildman–Crippen LogP) is 3.31. The highest BCUT2D eigenvalue weighted by molar-refractivity contribution is 5.89. The van der Waals surface area contributed by atoms with Gasteiger partial charge in [-0.25, -0.2) is 4.79 Å². The van der Waals surface area contributed by atoms with Crippen LogP contribution in [0.1, 0.15) is 54.6 Å². The van der Waals surface area contributed by atoms with Crippen LogP contribution in [0.2, 0.25) is 0 Å². The average Bonchev–Trinajstić information content (AvgIpc) is 2.45. The number of rotatable bonds is 2. The Morgan fingerprint density at radius 3 is 2.55 bits per heavy atom. The Labute approximate surface area is 120 Å². The quantitative estimate of drug-likeness (QED) is 0.840. The lowest BCUT2D eigenvalue weighted by atomic mass is 9.57. The number of esters is 1. The van der Waals surface area contributed by atoms with Gasteiger partial charge in [-0.1, -0.05) is 19.1 Å². The summed E-state index contributed by atoms with van der Waals surface area (Å²) in [5.74, 6) is 0.632. The van der Waals surface area contributed by atoms with Crippen molar-refractivity contribution in [1.29, 1.82) is 0 Å². The minimum absolute atomic E-state index is 0.266. The van der Waals surface area contributed by atoms with Gasteiger partial charge in [0.25, 0.3) is 0 Å². The molecule has 1 saturated carbocycles. The molecule has 3 nitrogen and oxygen atoms in total. The fourth-order valence-corrected chi connectivity index (χ4v) is 4.11. The summed E-state index contributed by atoms with van der Waals surface area (Å²) in [6.45, 7) is 3.46. The van der Waals surface area contributed by atoms with E-state index in [2.05, 4.69) is 24.4 Å². The summed E-state index contributed by atoms with van der Waals surface area (Å²) >= 11 is 0. The van der Waals surface area contributed by atoms with Crippen molar-refractivity contribution in [1.82, 2.24) is 5.32 Å². The maximum atomic E-state index is 11.5. The molecule has 0 radical (unpaired) electrons. The van der Waals surface area contributed by atoms with Crippen LogP contribution in [0.25, 0.3) is 0 Å². The van der Waals surface area contributed by atoms with E-state index in [1.165, 1.54) is 38.4 Å². The van der Waals surface area contributed by atoms with Crippen molar-refractivity contribution < 1.29 is 9.53 Å². The molecule has 1 N–H and O–H groups in total. The molecular weight excluding hydrogens is 250 g/mol. The molecule has 1 spiro atoms. The monoisotopic (exact) mass is 273 g/mol. The van der Waals surface area contributed by atoms with Gasteiger partial charge in [0.1, 0.15) is 0 Å². The lowest BCUT2D eigenvalue weighted by molar-refractivity contribution is 0.0141. The van der Waals surface area contributed by atoms with Crippen LogP contribution in [-0.2, 0) is 4.74 Å². The van der Waals surface area contributed by atoms with E-state index in [-0.39, 0.29) is 5.97 Å². The van der Waals surface area contributed by atoms with E-state index >= 15 is 0 Å². The second-order valence-corrected chi connectivity index (χ2v) is 6.59. The first-order valence-corrected chi connectivity index (χ1v) is 7.54. The third-order valence-corrected chi connectivity index (χ3v) is 4.98. The number of nitrogens with one attached hydrogen (secondary N) is 1. The Bertz CT molecular complexity index is 483. The highest BCUT2D eigenvalue weighted by Crippen LogP contribution is 2.54. The summed E-state index contributed by atoms with van der Waals surface area (Å²) in [4.78, 5) is 11.5. The van der Waals surface area contributed by atoms with Gasteiger partial charge < -0.3 is 10.1 Å². The number of benzene rings is 1. The first kappa shape index (κ1) is 13.6. The molecule has 1 saturated heterocycles. The Kier molecular flexibility index (Phi) is 3.55. The number of carbonyl (C=O) groups excluding carboxylic acids is 1. The molecule has 0 bridgehead atoms. The van der Waals surface area contributed by atoms with Gasteiger partial charge in [0.05, 0.1) is 12.7 Å². The zero-order chi connectivity index (χ0) is 14.2. The second kappa shape index (κ2) is 5.21. The number of piperidine rings is 1. The van der Waals surface area contributed by atoms with E-state index in [9.17, 15) is 4.79 Å². The molecule has 1 aromatic rings. The van der Waals surface area contributed by atoms with E-state index in [0.717, 1.165) is 12.5 Å². The van der Waals surface area contributed by atoms with Crippen LogP contribution in [0, 0.1) is 11.3 Å². The van der Waals surface area contributed by atoms with Crippen molar-refractivity contribution in [2.75, 3.05) is 13.7 Å². The summed E-state index contributed by atoms with van der Waals surface area (Å²) in [5, 5.41) is 3.62. The lowest BCUT2D eigenvalue weighted by Crippen LogP contribution is -2.46. The van der Waals surface area contributed by atoms with E-state index in [0.29, 0.717) is 17.0 Å². The Balaban J connectivity index is 1.71. The lowest BCUT2D eigenvalue weighted by Gasteiger charge is -2.51. The molecule has 3 rings (SSSR count). The van der Waals surface area contributed by atoms with Gasteiger partial charge in [-0.2, -0.15) is 0 Å². The highest BCUT2D eigenvalue weighted by Gasteiger charge is 2.44. The van der Waals surface area contributed by atoms with Crippen molar-refractivity contribution in [3.05, 3.63) is 35.4 Å². The van der Waals surface area contributed by atoms with Gasteiger partial charge in [0, 0.05) is 6.04 Å². The van der Waals surface area contributed by atoms with E-state index in [4.69, 9.17) is 4.74 Å². The van der Waals surface area contributed by atoms with Crippen LogP contribution in [0.4, 0.5) is 0 Å². The first-order chi connectivity index (χ1) is 9.62. The van der Waals surface area contributed by atoms with Crippen molar-refractivity contribution in [2.24, 2.45) is 11.3 Å². The first-order valence-electron chi connectivity index (χ1n) is 7.54. The Hall–Kier alpha value is -1.35. The predicted molar refractivity (Wildman–Crippen MR) is 78.6 cm³/mol. The number of hydrogen-bond acceptors (Lipinski definition) is 3. The van der Waals surface area contributed by atoms with Crippen LogP contribution >= 0.6 is 0 Å². The van der Waals surface area contributed by atoms with Gasteiger partial charge >= 0.3 is 5.97 Å². The summed E-state index contributed by atoms with van der Waals surface area (Å²) in [7, 11) is 1.42. The fourth-order valence-electron chi connectivity index (χ4n) is 4.11. The SMILES string of the molecule is COC(=O)c1ccc([C@@H]2CC3(CCN2)CC(C)C3)cc1. The second-order valence-electron chi connectivity index (χ2n) is 6.59. The molecule has 1 aliphatic heterocycles. The summed E-state index contributed by atoms with van der Waals surface area (Å²) in [6, 6.07) is 8.29. The minimum Gasteiger partial charge on any atom is -0.465 e. The van der Waals surface area contributed by atoms with Crippen LogP contribution in [0.15, 0.2) is 24.3 Å². The van der Waals surface area contributed by atoms with Gasteiger partial charge in [-0.3, -0.25) is 0 Å². The third-order valence-electron chi connectivity index (χ3n) is 4.98. The standard InChI is InChI=1S/C17H23NO2/c1-12-9-17(10-12)7-8-18-15(11-17)13-3-5-14(6-4-13)16(19)20-2/h3-6,12,15,18H,7-11H2,1-2H3/t12?,15-,17?/m0/s1. The molecule has 0 unspecified atom stereocenters. The largest absolute Gasteiger partial charge is 0.465 e. The molecular formula is C17H23NO2. The van der Waals surface area contributed by atoms with Gasteiger partial charge in [0.2, 0.25) is 0 Å². The van der Waals surface area contributed by atoms with Crippen molar-refractivity contribution in [2.45, 2.75) is 38.6 Å². The smallest absolute Gasteiger partial charge is 0.337 e. The van der Waals surface area contributed by atoms with Gasteiger partial charge in [-0.05, 0) is 61.3 Å². The molecule has 108 valence electrons. The number of carbonyl (C=O) groups is 1. The van der Waals surface area contributed by atoms with Crippen LogP contribution in [0.5, 0.6) is 0 Å². The summed E-state index contributed by atoms with van der Waals surface area (Å²) in [6.07, 6.45) is 5.31. The Morgan fingerprint density at radius 1 is 1.25 bits per heavy atom. The molecule has 1 aromatic carbocycles. The molecule has 0 aromatic heterocycles. The van der Waals surface area contributed by atoms with E-state index in [1.807, 2.05) is 12.1 Å². The highest BCUT2D eigenvalue weighted by atomic mass is 16.5. The molecule has 2 fully saturated rings. The maximum Gasteiger partial charge on any atom is 0.337 e. The molecule has 3 heteroatoms. The minimum atomic E-state index is -0.266.